The molecule has 3 heterocycles. The summed E-state index contributed by atoms with van der Waals surface area (Å²) in [6.07, 6.45) is 2.09. The van der Waals surface area contributed by atoms with Crippen molar-refractivity contribution in [3.05, 3.63) is 76.5 Å². The lowest BCUT2D eigenvalue weighted by Gasteiger charge is -2.41. The maximum absolute atomic E-state index is 13.0. The number of fused-ring (bicyclic) bond motifs is 2. The predicted molar refractivity (Wildman–Crippen MR) is 165 cm³/mol. The number of hydrogen-bond acceptors (Lipinski definition) is 8. The molecule has 3 N–H and O–H groups in total. The molecule has 4 aromatic rings. The van der Waals surface area contributed by atoms with E-state index < -0.39 is 17.5 Å². The highest BCUT2D eigenvalue weighted by Gasteiger charge is 2.36. The van der Waals surface area contributed by atoms with Crippen molar-refractivity contribution in [2.75, 3.05) is 19.8 Å². The van der Waals surface area contributed by atoms with Crippen molar-refractivity contribution in [3.8, 4) is 5.88 Å². The van der Waals surface area contributed by atoms with Crippen molar-refractivity contribution in [1.29, 1.82) is 0 Å². The number of carbonyl (C=O) groups is 1. The summed E-state index contributed by atoms with van der Waals surface area (Å²) in [4.78, 5) is 17.5. The van der Waals surface area contributed by atoms with E-state index in [9.17, 15) is 18.3 Å². The molecule has 2 unspecified atom stereocenters. The minimum atomic E-state index is -3.39. The van der Waals surface area contributed by atoms with Crippen LogP contribution in [0.3, 0.4) is 0 Å². The molecule has 2 aromatic heterocycles. The Morgan fingerprint density at radius 2 is 2.02 bits per heavy atom. The minimum Gasteiger partial charge on any atom is -0.472 e. The predicted octanol–water partition coefficient (Wildman–Crippen LogP) is 5.77. The van der Waals surface area contributed by atoms with E-state index >= 15 is 0 Å². The number of aryl methyl sites for hydroxylation is 3. The second-order valence-electron chi connectivity index (χ2n) is 10.8. The third kappa shape index (κ3) is 6.23. The molecular formula is C31H39FN6O4S. The van der Waals surface area contributed by atoms with Crippen LogP contribution in [0.25, 0.3) is 11.0 Å². The molecule has 1 aliphatic rings. The number of ether oxygens (including phenoxy) is 1. The maximum Gasteiger partial charge on any atom is 0.239 e. The number of nitrogens with one attached hydrogen (secondary N) is 1. The summed E-state index contributed by atoms with van der Waals surface area (Å²) >= 11 is 0. The highest BCUT2D eigenvalue weighted by molar-refractivity contribution is 8.22. The van der Waals surface area contributed by atoms with Crippen LogP contribution in [0.15, 0.2) is 53.6 Å². The number of carbonyl (C=O) groups excluding carboxylic acids is 1. The van der Waals surface area contributed by atoms with Crippen molar-refractivity contribution in [3.63, 3.8) is 0 Å². The largest absolute Gasteiger partial charge is 0.472 e. The molecule has 2 aromatic carbocycles. The Balaban J connectivity index is 1.55. The monoisotopic (exact) mass is 610 g/mol. The Morgan fingerprint density at radius 1 is 1.21 bits per heavy atom. The van der Waals surface area contributed by atoms with Gasteiger partial charge >= 0.3 is 0 Å². The smallest absolute Gasteiger partial charge is 0.239 e. The molecule has 230 valence electrons. The molecule has 12 heteroatoms. The fourth-order valence-corrected chi connectivity index (χ4v) is 7.19. The summed E-state index contributed by atoms with van der Waals surface area (Å²) < 4.78 is 45.4. The average molecular weight is 611 g/mol. The van der Waals surface area contributed by atoms with E-state index in [-0.39, 0.29) is 48.2 Å². The Bertz CT molecular complexity index is 1610. The van der Waals surface area contributed by atoms with Crippen molar-refractivity contribution >= 4 is 27.7 Å². The van der Waals surface area contributed by atoms with Gasteiger partial charge < -0.3 is 10.1 Å². The quantitative estimate of drug-likeness (QED) is 0.207. The molecule has 0 radical (unpaired) electrons. The number of rotatable bonds is 10. The third-order valence-electron chi connectivity index (χ3n) is 8.12. The molecule has 2 atom stereocenters. The van der Waals surface area contributed by atoms with Gasteiger partial charge in [-0.15, -0.1) is 15.9 Å². The number of halogens is 1. The van der Waals surface area contributed by atoms with E-state index in [4.69, 9.17) is 4.74 Å². The lowest BCUT2D eigenvalue weighted by molar-refractivity contribution is -0.121. The second kappa shape index (κ2) is 13.0. The Labute approximate surface area is 252 Å². The first kappa shape index (κ1) is 30.9. The van der Waals surface area contributed by atoms with Crippen LogP contribution < -0.4 is 10.1 Å². The Hall–Kier alpha value is -3.58. The van der Waals surface area contributed by atoms with Gasteiger partial charge in [0.15, 0.2) is 0 Å². The molecule has 1 amide bonds. The van der Waals surface area contributed by atoms with Crippen molar-refractivity contribution < 1.29 is 23.0 Å². The summed E-state index contributed by atoms with van der Waals surface area (Å²) in [6, 6.07) is 13.3. The number of pyridine rings is 1. The van der Waals surface area contributed by atoms with Crippen molar-refractivity contribution in [2.24, 2.45) is 0 Å². The highest BCUT2D eigenvalue weighted by atomic mass is 32.3. The highest BCUT2D eigenvalue weighted by Crippen LogP contribution is 2.57. The second-order valence-corrected chi connectivity index (χ2v) is 12.8. The van der Waals surface area contributed by atoms with Crippen LogP contribution in [-0.2, 0) is 17.9 Å². The lowest BCUT2D eigenvalue weighted by Crippen LogP contribution is -2.34. The first-order chi connectivity index (χ1) is 20.7. The maximum atomic E-state index is 13.0. The average Bonchev–Trinajstić information content (AvgIpc) is 3.39. The molecule has 1 aliphatic heterocycles. The molecule has 43 heavy (non-hydrogen) atoms. The van der Waals surface area contributed by atoms with Crippen LogP contribution in [0.1, 0.15) is 60.4 Å². The molecule has 0 saturated heterocycles. The van der Waals surface area contributed by atoms with Gasteiger partial charge in [-0.2, -0.15) is 4.31 Å². The molecule has 0 bridgehead atoms. The first-order valence-corrected chi connectivity index (χ1v) is 16.1. The van der Waals surface area contributed by atoms with Crippen LogP contribution in [-0.4, -0.2) is 65.2 Å². The molecule has 0 saturated carbocycles. The van der Waals surface area contributed by atoms with Gasteiger partial charge in [-0.3, -0.25) is 13.9 Å². The van der Waals surface area contributed by atoms with Crippen LogP contribution >= 0.6 is 10.8 Å². The topological polar surface area (TPSA) is 126 Å². The zero-order valence-electron chi connectivity index (χ0n) is 25.0. The normalized spacial score (nSPS) is 18.0. The van der Waals surface area contributed by atoms with E-state index in [0.717, 1.165) is 38.9 Å². The number of hydrogen-bond donors (Lipinski definition) is 3. The van der Waals surface area contributed by atoms with Crippen LogP contribution in [0.5, 0.6) is 5.88 Å². The van der Waals surface area contributed by atoms with Crippen LogP contribution in [0, 0.1) is 13.8 Å². The molecule has 0 fully saturated rings. The van der Waals surface area contributed by atoms with E-state index in [1.165, 1.54) is 0 Å². The molecule has 10 nitrogen and oxygen atoms in total. The van der Waals surface area contributed by atoms with Crippen molar-refractivity contribution in [2.45, 2.75) is 70.5 Å². The van der Waals surface area contributed by atoms with Gasteiger partial charge in [0.05, 0.1) is 12.1 Å². The van der Waals surface area contributed by atoms with Crippen LogP contribution in [0.4, 0.5) is 4.39 Å². The fraction of sp³-hybridized carbons (Fsp3) is 0.419. The number of benzene rings is 2. The Kier molecular flexibility index (Phi) is 9.30. The van der Waals surface area contributed by atoms with E-state index in [2.05, 4.69) is 20.6 Å². The molecule has 5 rings (SSSR count). The van der Waals surface area contributed by atoms with Crippen LogP contribution in [0.2, 0.25) is 0 Å². The molecular weight excluding hydrogens is 571 g/mol. The number of amides is 1. The van der Waals surface area contributed by atoms with E-state index in [1.54, 1.807) is 22.6 Å². The number of nitrogens with zero attached hydrogens (tertiary/aromatic N) is 5. The zero-order valence-corrected chi connectivity index (χ0v) is 25.8. The van der Waals surface area contributed by atoms with Gasteiger partial charge in [0.1, 0.15) is 23.2 Å². The summed E-state index contributed by atoms with van der Waals surface area (Å²) in [5, 5.41) is 11.3. The number of alkyl halides is 1. The summed E-state index contributed by atoms with van der Waals surface area (Å²) in [6.45, 7) is 8.52. The van der Waals surface area contributed by atoms with Gasteiger partial charge in [-0.05, 0) is 73.2 Å². The van der Waals surface area contributed by atoms with Gasteiger partial charge in [0, 0.05) is 38.2 Å². The lowest BCUT2D eigenvalue weighted by atomic mass is 9.84. The number of aromatic nitrogens is 4. The minimum absolute atomic E-state index is 0.0443. The molecule has 0 aliphatic carbocycles. The Morgan fingerprint density at radius 3 is 2.77 bits per heavy atom. The van der Waals surface area contributed by atoms with Crippen molar-refractivity contribution in [1.82, 2.24) is 29.6 Å². The zero-order chi connectivity index (χ0) is 30.7. The van der Waals surface area contributed by atoms with E-state index in [0.29, 0.717) is 19.5 Å². The molecule has 0 spiro atoms. The van der Waals surface area contributed by atoms with Gasteiger partial charge in [0.25, 0.3) is 0 Å². The summed E-state index contributed by atoms with van der Waals surface area (Å²) in [5.74, 6) is -0.362. The van der Waals surface area contributed by atoms with Gasteiger partial charge in [0.2, 0.25) is 11.8 Å². The summed E-state index contributed by atoms with van der Waals surface area (Å²) in [5.41, 5.74) is 6.31. The summed E-state index contributed by atoms with van der Waals surface area (Å²) in [7, 11) is -3.39. The third-order valence-corrected chi connectivity index (χ3v) is 10.0. The van der Waals surface area contributed by atoms with Gasteiger partial charge in [-0.1, -0.05) is 36.4 Å². The van der Waals surface area contributed by atoms with Gasteiger partial charge in [-0.25, -0.2) is 14.1 Å². The first-order valence-electron chi connectivity index (χ1n) is 14.6. The fourth-order valence-electron chi connectivity index (χ4n) is 5.62. The standard InChI is InChI=1S/C31H39FN6O4S/c1-5-24-19-37(43(40,41)28-8-7-14-34-31(28)42-24)18-23-16-22(10-9-20(23)3)26(17-29(39)33-15-13-32)25-11-12-27-30(21(25)4)35-36-38(27)6-2/h7-12,14,16,24,26,40-41H,5-6,13,15,17-19H2,1-4H3,(H,33,39). The SMILES string of the molecule is CCC1CN(Cc2cc(C(CC(=O)NCCF)c3ccc4c(nnn4CC)c3C)ccc2C)S(O)(O)c2cccnc2O1. The van der Waals surface area contributed by atoms with E-state index in [1.807, 2.05) is 62.7 Å².